The lowest BCUT2D eigenvalue weighted by molar-refractivity contribution is -0.142. The van der Waals surface area contributed by atoms with Crippen LogP contribution in [0.3, 0.4) is 0 Å². The predicted molar refractivity (Wildman–Crippen MR) is 129 cm³/mol. The van der Waals surface area contributed by atoms with Gasteiger partial charge in [-0.2, -0.15) is 11.8 Å². The number of para-hydroxylation sites is 1. The van der Waals surface area contributed by atoms with Gasteiger partial charge in [-0.1, -0.05) is 18.2 Å². The maximum Gasteiger partial charge on any atom is 0.326 e. The van der Waals surface area contributed by atoms with E-state index in [1.165, 1.54) is 18.7 Å². The molecule has 186 valence electrons. The number of nitrogens with one attached hydrogen (secondary N) is 4. The molecule has 0 radical (unpaired) electrons. The highest BCUT2D eigenvalue weighted by atomic mass is 32.2. The molecule has 2 rings (SSSR count). The lowest BCUT2D eigenvalue weighted by Crippen LogP contribution is -2.58. The normalized spacial score (nSPS) is 14.6. The molecule has 0 saturated carbocycles. The second kappa shape index (κ2) is 13.0. The number of aliphatic hydroxyl groups is 1. The van der Waals surface area contributed by atoms with E-state index < -0.39 is 54.5 Å². The van der Waals surface area contributed by atoms with Crippen molar-refractivity contribution < 1.29 is 29.4 Å². The van der Waals surface area contributed by atoms with E-state index in [1.54, 1.807) is 6.20 Å². The number of carbonyl (C=O) groups excluding carboxylic acids is 3. The summed E-state index contributed by atoms with van der Waals surface area (Å²) in [5.74, 6) is -2.77. The van der Waals surface area contributed by atoms with E-state index in [1.807, 2.05) is 30.5 Å². The summed E-state index contributed by atoms with van der Waals surface area (Å²) in [6.07, 6.45) is 3.79. The van der Waals surface area contributed by atoms with E-state index in [2.05, 4.69) is 20.9 Å². The van der Waals surface area contributed by atoms with Crippen LogP contribution in [0.25, 0.3) is 10.9 Å². The van der Waals surface area contributed by atoms with Crippen LogP contribution in [0.4, 0.5) is 0 Å². The van der Waals surface area contributed by atoms with Crippen LogP contribution in [0.1, 0.15) is 18.9 Å². The average molecular weight is 494 g/mol. The number of aliphatic carboxylic acids is 1. The van der Waals surface area contributed by atoms with Gasteiger partial charge in [-0.15, -0.1) is 0 Å². The van der Waals surface area contributed by atoms with Crippen LogP contribution in [-0.4, -0.2) is 81.7 Å². The summed E-state index contributed by atoms with van der Waals surface area (Å²) >= 11 is 1.47. The number of carbonyl (C=O) groups is 4. The Morgan fingerprint density at radius 3 is 2.26 bits per heavy atom. The summed E-state index contributed by atoms with van der Waals surface area (Å²) in [5, 5.41) is 27.4. The maximum atomic E-state index is 12.7. The number of carboxylic acid groups (broad SMARTS) is 1. The Morgan fingerprint density at radius 1 is 1.03 bits per heavy atom. The van der Waals surface area contributed by atoms with Crippen molar-refractivity contribution in [3.8, 4) is 0 Å². The zero-order valence-electron chi connectivity index (χ0n) is 19.0. The van der Waals surface area contributed by atoms with Crippen molar-refractivity contribution in [2.75, 3.05) is 18.6 Å². The number of aromatic amines is 1. The van der Waals surface area contributed by atoms with Gasteiger partial charge < -0.3 is 36.9 Å². The van der Waals surface area contributed by atoms with Gasteiger partial charge in [0.2, 0.25) is 17.7 Å². The molecule has 3 amide bonds. The Bertz CT molecular complexity index is 1010. The molecule has 0 aliphatic rings. The van der Waals surface area contributed by atoms with Gasteiger partial charge >= 0.3 is 5.97 Å². The standard InChI is InChI=1S/C22H31N5O6S/c1-12(23)19(29)25-16(7-8-34-2)20(30)27-18(11-28)21(31)26-17(22(32)33)9-13-10-24-15-6-4-3-5-14(13)15/h3-6,10,12,16-18,24,28H,7-9,11,23H2,1-2H3,(H,25,29)(H,26,31)(H,27,30)(H,32,33). The lowest BCUT2D eigenvalue weighted by atomic mass is 10.0. The average Bonchev–Trinajstić information content (AvgIpc) is 3.21. The second-order valence-electron chi connectivity index (χ2n) is 7.84. The van der Waals surface area contributed by atoms with Gasteiger partial charge in [0.25, 0.3) is 0 Å². The van der Waals surface area contributed by atoms with Crippen LogP contribution < -0.4 is 21.7 Å². The minimum Gasteiger partial charge on any atom is -0.480 e. The Hall–Kier alpha value is -3.09. The van der Waals surface area contributed by atoms with Gasteiger partial charge in [0.05, 0.1) is 12.6 Å². The molecule has 0 aliphatic heterocycles. The summed E-state index contributed by atoms with van der Waals surface area (Å²) in [4.78, 5) is 52.2. The molecule has 0 saturated heterocycles. The van der Waals surface area contributed by atoms with Crippen LogP contribution in [0.5, 0.6) is 0 Å². The molecule has 8 N–H and O–H groups in total. The molecule has 2 aromatic rings. The fourth-order valence-corrected chi connectivity index (χ4v) is 3.74. The molecule has 4 atom stereocenters. The third-order valence-corrected chi connectivity index (χ3v) is 5.83. The molecule has 0 bridgehead atoms. The van der Waals surface area contributed by atoms with Crippen LogP contribution in [0.15, 0.2) is 30.5 Å². The number of fused-ring (bicyclic) bond motifs is 1. The first-order valence-electron chi connectivity index (χ1n) is 10.7. The number of benzene rings is 1. The van der Waals surface area contributed by atoms with E-state index in [9.17, 15) is 29.4 Å². The topological polar surface area (TPSA) is 187 Å². The quantitative estimate of drug-likeness (QED) is 0.192. The van der Waals surface area contributed by atoms with Crippen molar-refractivity contribution in [3.05, 3.63) is 36.0 Å². The Kier molecular flexibility index (Phi) is 10.4. The molecule has 4 unspecified atom stereocenters. The molecule has 1 aromatic heterocycles. The molecule has 12 heteroatoms. The SMILES string of the molecule is CSCCC(NC(=O)C(C)N)C(=O)NC(CO)C(=O)NC(Cc1c[nH]c2ccccc12)C(=O)O. The molecule has 0 aliphatic carbocycles. The molecule has 34 heavy (non-hydrogen) atoms. The molecular formula is C22H31N5O6S. The molecular weight excluding hydrogens is 462 g/mol. The van der Waals surface area contributed by atoms with E-state index >= 15 is 0 Å². The monoisotopic (exact) mass is 493 g/mol. The number of aliphatic hydroxyl groups excluding tert-OH is 1. The van der Waals surface area contributed by atoms with Crippen LogP contribution in [-0.2, 0) is 25.6 Å². The molecule has 1 heterocycles. The van der Waals surface area contributed by atoms with Crippen molar-refractivity contribution >= 4 is 46.4 Å². The Morgan fingerprint density at radius 2 is 1.65 bits per heavy atom. The first-order chi connectivity index (χ1) is 16.2. The largest absolute Gasteiger partial charge is 0.480 e. The number of carboxylic acids is 1. The van der Waals surface area contributed by atoms with Gasteiger partial charge in [-0.05, 0) is 37.0 Å². The van der Waals surface area contributed by atoms with E-state index in [4.69, 9.17) is 5.73 Å². The van der Waals surface area contributed by atoms with Crippen molar-refractivity contribution in [2.24, 2.45) is 5.73 Å². The number of nitrogens with two attached hydrogens (primary N) is 1. The second-order valence-corrected chi connectivity index (χ2v) is 8.82. The van der Waals surface area contributed by atoms with Gasteiger partial charge in [0.1, 0.15) is 18.1 Å². The Labute approximate surface area is 201 Å². The summed E-state index contributed by atoms with van der Waals surface area (Å²) in [6.45, 7) is 0.718. The Balaban J connectivity index is 2.08. The number of H-pyrrole nitrogens is 1. The predicted octanol–water partition coefficient (Wildman–Crippen LogP) is -0.658. The number of rotatable bonds is 13. The smallest absolute Gasteiger partial charge is 0.326 e. The number of hydrogen-bond acceptors (Lipinski definition) is 7. The van der Waals surface area contributed by atoms with Gasteiger partial charge in [0.15, 0.2) is 0 Å². The number of amides is 3. The van der Waals surface area contributed by atoms with Gasteiger partial charge in [0, 0.05) is 23.5 Å². The van der Waals surface area contributed by atoms with E-state index in [0.717, 1.165) is 10.9 Å². The summed E-state index contributed by atoms with van der Waals surface area (Å²) < 4.78 is 0. The van der Waals surface area contributed by atoms with E-state index in [-0.39, 0.29) is 12.8 Å². The fraction of sp³-hybridized carbons (Fsp3) is 0.455. The van der Waals surface area contributed by atoms with Crippen molar-refractivity contribution in [3.63, 3.8) is 0 Å². The minimum absolute atomic E-state index is 0.00201. The zero-order chi connectivity index (χ0) is 25.3. The highest BCUT2D eigenvalue weighted by molar-refractivity contribution is 7.98. The fourth-order valence-electron chi connectivity index (χ4n) is 3.27. The summed E-state index contributed by atoms with van der Waals surface area (Å²) in [7, 11) is 0. The van der Waals surface area contributed by atoms with Crippen molar-refractivity contribution in [1.29, 1.82) is 0 Å². The maximum absolute atomic E-state index is 12.7. The number of hydrogen-bond donors (Lipinski definition) is 7. The van der Waals surface area contributed by atoms with E-state index in [0.29, 0.717) is 11.3 Å². The zero-order valence-corrected chi connectivity index (χ0v) is 19.9. The van der Waals surface area contributed by atoms with Crippen molar-refractivity contribution in [2.45, 2.75) is 43.9 Å². The highest BCUT2D eigenvalue weighted by Gasteiger charge is 2.30. The number of aromatic nitrogens is 1. The van der Waals surface area contributed by atoms with Crippen LogP contribution >= 0.6 is 11.8 Å². The first-order valence-corrected chi connectivity index (χ1v) is 12.1. The highest BCUT2D eigenvalue weighted by Crippen LogP contribution is 2.19. The molecule has 1 aromatic carbocycles. The van der Waals surface area contributed by atoms with Gasteiger partial charge in [-0.3, -0.25) is 14.4 Å². The molecule has 0 fully saturated rings. The third kappa shape index (κ3) is 7.47. The third-order valence-electron chi connectivity index (χ3n) is 5.19. The van der Waals surface area contributed by atoms with Crippen LogP contribution in [0.2, 0.25) is 0 Å². The number of thioether (sulfide) groups is 1. The minimum atomic E-state index is -1.40. The summed E-state index contributed by atoms with van der Waals surface area (Å²) in [5.41, 5.74) is 7.08. The lowest BCUT2D eigenvalue weighted by Gasteiger charge is -2.24. The molecule has 0 spiro atoms. The first kappa shape index (κ1) is 27.2. The van der Waals surface area contributed by atoms with Gasteiger partial charge in [-0.25, -0.2) is 4.79 Å². The molecule has 11 nitrogen and oxygen atoms in total. The van der Waals surface area contributed by atoms with Crippen molar-refractivity contribution in [1.82, 2.24) is 20.9 Å². The van der Waals surface area contributed by atoms with Crippen LogP contribution in [0, 0.1) is 0 Å². The summed E-state index contributed by atoms with van der Waals surface area (Å²) in [6, 6.07) is 2.87.